The molecule has 5 heteroatoms. The summed E-state index contributed by atoms with van der Waals surface area (Å²) >= 11 is 0. The van der Waals surface area contributed by atoms with Crippen LogP contribution in [0.5, 0.6) is 11.5 Å². The first kappa shape index (κ1) is 21.1. The number of aliphatic carboxylic acids is 1. The third-order valence-corrected chi connectivity index (χ3v) is 5.99. The van der Waals surface area contributed by atoms with E-state index in [4.69, 9.17) is 4.74 Å². The monoisotopic (exact) mass is 444 g/mol. The maximum atomic E-state index is 14.0. The van der Waals surface area contributed by atoms with E-state index in [-0.39, 0.29) is 18.1 Å². The highest BCUT2D eigenvalue weighted by Gasteiger charge is 2.30. The van der Waals surface area contributed by atoms with E-state index in [1.807, 2.05) is 24.3 Å². The fraction of sp³-hybridized carbons (Fsp3) is 0.179. The summed E-state index contributed by atoms with van der Waals surface area (Å²) < 4.78 is 32.9. The predicted octanol–water partition coefficient (Wildman–Crippen LogP) is 7.04. The van der Waals surface area contributed by atoms with Crippen molar-refractivity contribution < 1.29 is 23.4 Å². The lowest BCUT2D eigenvalue weighted by Crippen LogP contribution is -1.99. The molecular formula is C28H22F2O3. The summed E-state index contributed by atoms with van der Waals surface area (Å²) in [6.45, 7) is 0. The summed E-state index contributed by atoms with van der Waals surface area (Å²) in [4.78, 5) is 11.6. The number of ether oxygens (including phenoxy) is 1. The minimum atomic E-state index is -0.937. The first-order valence-corrected chi connectivity index (χ1v) is 10.9. The van der Waals surface area contributed by atoms with E-state index in [0.717, 1.165) is 35.1 Å². The fourth-order valence-corrected chi connectivity index (χ4v) is 4.25. The van der Waals surface area contributed by atoms with Gasteiger partial charge in [0, 0.05) is 0 Å². The molecule has 3 aromatic carbocycles. The zero-order chi connectivity index (χ0) is 22.9. The van der Waals surface area contributed by atoms with Crippen LogP contribution in [0.2, 0.25) is 0 Å². The van der Waals surface area contributed by atoms with E-state index in [9.17, 15) is 18.7 Å². The number of carbonyl (C=O) groups is 1. The van der Waals surface area contributed by atoms with Crippen molar-refractivity contribution in [2.24, 2.45) is 5.92 Å². The van der Waals surface area contributed by atoms with Crippen molar-refractivity contribution in [3.8, 4) is 11.5 Å². The third kappa shape index (κ3) is 4.72. The Morgan fingerprint density at radius 2 is 1.52 bits per heavy atom. The molecule has 0 spiro atoms. The molecule has 3 aromatic rings. The number of rotatable bonds is 7. The number of carboxylic acids is 1. The predicted molar refractivity (Wildman–Crippen MR) is 123 cm³/mol. The quantitative estimate of drug-likeness (QED) is 0.425. The van der Waals surface area contributed by atoms with E-state index in [0.29, 0.717) is 35.0 Å². The highest BCUT2D eigenvalue weighted by atomic mass is 19.1. The van der Waals surface area contributed by atoms with Gasteiger partial charge in [-0.1, -0.05) is 24.3 Å². The lowest BCUT2D eigenvalue weighted by molar-refractivity contribution is -0.135. The Bertz CT molecular complexity index is 1270. The number of benzene rings is 3. The molecule has 5 rings (SSSR count). The number of carboxylic acid groups (broad SMARTS) is 1. The van der Waals surface area contributed by atoms with Crippen LogP contribution < -0.4 is 4.74 Å². The Hall–Kier alpha value is -3.73. The Kier molecular flexibility index (Phi) is 5.55. The molecule has 0 heterocycles. The molecule has 1 fully saturated rings. The van der Waals surface area contributed by atoms with Crippen molar-refractivity contribution >= 4 is 17.1 Å². The molecule has 0 radical (unpaired) electrons. The van der Waals surface area contributed by atoms with Gasteiger partial charge < -0.3 is 9.84 Å². The van der Waals surface area contributed by atoms with E-state index in [2.05, 4.69) is 6.08 Å². The zero-order valence-corrected chi connectivity index (χ0v) is 17.9. The van der Waals surface area contributed by atoms with Gasteiger partial charge in [0.2, 0.25) is 0 Å². The smallest absolute Gasteiger partial charge is 0.307 e. The lowest BCUT2D eigenvalue weighted by atomic mass is 9.94. The number of halogens is 2. The van der Waals surface area contributed by atoms with E-state index >= 15 is 0 Å². The van der Waals surface area contributed by atoms with Gasteiger partial charge in [0.05, 0.1) is 6.42 Å². The molecule has 0 aromatic heterocycles. The largest absolute Gasteiger partial charge is 0.481 e. The lowest BCUT2D eigenvalue weighted by Gasteiger charge is -2.11. The van der Waals surface area contributed by atoms with Gasteiger partial charge in [-0.25, -0.2) is 8.78 Å². The average Bonchev–Trinajstić information content (AvgIpc) is 3.57. The van der Waals surface area contributed by atoms with Crippen LogP contribution >= 0.6 is 0 Å². The van der Waals surface area contributed by atoms with Crippen molar-refractivity contribution in [2.75, 3.05) is 0 Å². The van der Waals surface area contributed by atoms with Crippen LogP contribution in [0.15, 0.2) is 78.4 Å². The van der Waals surface area contributed by atoms with Crippen LogP contribution in [-0.2, 0) is 11.2 Å². The second kappa shape index (κ2) is 8.66. The van der Waals surface area contributed by atoms with Crippen LogP contribution in [0.1, 0.15) is 36.0 Å². The molecule has 1 N–H and O–H groups in total. The molecule has 1 saturated carbocycles. The molecule has 0 unspecified atom stereocenters. The van der Waals surface area contributed by atoms with Crippen LogP contribution in [0.25, 0.3) is 11.1 Å². The molecule has 0 bridgehead atoms. The minimum absolute atomic E-state index is 0.153. The molecule has 3 nitrogen and oxygen atoms in total. The zero-order valence-electron chi connectivity index (χ0n) is 17.9. The normalized spacial score (nSPS) is 16.2. The molecule has 166 valence electrons. The highest BCUT2D eigenvalue weighted by Crippen LogP contribution is 2.47. The summed E-state index contributed by atoms with van der Waals surface area (Å²) in [6.07, 6.45) is 4.84. The van der Waals surface area contributed by atoms with Gasteiger partial charge in [0.1, 0.15) is 23.1 Å². The number of hydrogen-bond donors (Lipinski definition) is 1. The highest BCUT2D eigenvalue weighted by molar-refractivity contribution is 6.03. The van der Waals surface area contributed by atoms with Gasteiger partial charge in [-0.15, -0.1) is 0 Å². The first-order chi connectivity index (χ1) is 16.0. The number of allylic oxidation sites excluding steroid dienone is 3. The van der Waals surface area contributed by atoms with Gasteiger partial charge >= 0.3 is 5.97 Å². The van der Waals surface area contributed by atoms with Crippen LogP contribution in [0.3, 0.4) is 0 Å². The molecule has 0 amide bonds. The maximum Gasteiger partial charge on any atom is 0.307 e. The minimum Gasteiger partial charge on any atom is -0.481 e. The summed E-state index contributed by atoms with van der Waals surface area (Å²) in [5, 5.41) is 9.54. The van der Waals surface area contributed by atoms with Crippen LogP contribution in [0, 0.1) is 17.6 Å². The summed E-state index contributed by atoms with van der Waals surface area (Å²) in [6, 6.07) is 18.0. The van der Waals surface area contributed by atoms with Gasteiger partial charge in [-0.2, -0.15) is 0 Å². The maximum absolute atomic E-state index is 14.0. The van der Waals surface area contributed by atoms with Gasteiger partial charge in [-0.05, 0) is 107 Å². The molecule has 2 aliphatic carbocycles. The SMILES string of the molecule is O=C(O)CC1=C(Cc2ccc(Oc3ccc(F)cc3)cc2)/C(=C/C2CC2)c2ccc(F)cc21. The van der Waals surface area contributed by atoms with Crippen molar-refractivity contribution in [1.82, 2.24) is 0 Å². The van der Waals surface area contributed by atoms with E-state index in [1.54, 1.807) is 18.2 Å². The second-order valence-electron chi connectivity index (χ2n) is 8.51. The molecule has 0 saturated heterocycles. The van der Waals surface area contributed by atoms with E-state index < -0.39 is 5.97 Å². The molecule has 0 aliphatic heterocycles. The van der Waals surface area contributed by atoms with Crippen molar-refractivity contribution in [2.45, 2.75) is 25.7 Å². The standard InChI is InChI=1S/C28H22F2O3/c29-19-5-10-22(11-6-19)33-21-8-3-18(4-9-21)14-25-24(13-17-1-2-17)23-12-7-20(30)15-26(23)27(25)16-28(31)32/h3-13,15,17H,1-2,14,16H2,(H,31,32)/b24-13+. The molecule has 0 atom stereocenters. The van der Waals surface area contributed by atoms with Crippen molar-refractivity contribution in [3.05, 3.63) is 107 Å². The van der Waals surface area contributed by atoms with Gasteiger partial charge in [0.15, 0.2) is 0 Å². The third-order valence-electron chi connectivity index (χ3n) is 5.99. The summed E-state index contributed by atoms with van der Waals surface area (Å²) in [5.41, 5.74) is 5.22. The van der Waals surface area contributed by atoms with E-state index in [1.165, 1.54) is 24.3 Å². The molecular weight excluding hydrogens is 422 g/mol. The summed E-state index contributed by atoms with van der Waals surface area (Å²) in [5.74, 6) is 0.0210. The van der Waals surface area contributed by atoms with Crippen LogP contribution in [-0.4, -0.2) is 11.1 Å². The van der Waals surface area contributed by atoms with Gasteiger partial charge in [-0.3, -0.25) is 4.79 Å². The first-order valence-electron chi connectivity index (χ1n) is 10.9. The van der Waals surface area contributed by atoms with Crippen LogP contribution in [0.4, 0.5) is 8.78 Å². The topological polar surface area (TPSA) is 46.5 Å². The Morgan fingerprint density at radius 1 is 0.879 bits per heavy atom. The fourth-order valence-electron chi connectivity index (χ4n) is 4.25. The van der Waals surface area contributed by atoms with Crippen molar-refractivity contribution in [1.29, 1.82) is 0 Å². The Morgan fingerprint density at radius 3 is 2.15 bits per heavy atom. The van der Waals surface area contributed by atoms with Gasteiger partial charge in [0.25, 0.3) is 0 Å². The summed E-state index contributed by atoms with van der Waals surface area (Å²) in [7, 11) is 0. The number of fused-ring (bicyclic) bond motifs is 1. The molecule has 33 heavy (non-hydrogen) atoms. The second-order valence-corrected chi connectivity index (χ2v) is 8.51. The Labute approximate surface area is 190 Å². The Balaban J connectivity index is 1.46. The molecule has 2 aliphatic rings. The number of hydrogen-bond acceptors (Lipinski definition) is 2. The average molecular weight is 444 g/mol. The van der Waals surface area contributed by atoms with Crippen molar-refractivity contribution in [3.63, 3.8) is 0 Å².